The molecule has 1 unspecified atom stereocenters. The molecule has 1 aromatic rings. The number of rotatable bonds is 10. The van der Waals surface area contributed by atoms with Gasteiger partial charge in [0.2, 0.25) is 5.91 Å². The number of nitrogens with one attached hydrogen (secondary N) is 2. The molecule has 0 aromatic heterocycles. The minimum absolute atomic E-state index is 0.0609. The second-order valence-electron chi connectivity index (χ2n) is 5.58. The van der Waals surface area contributed by atoms with Crippen LogP contribution in [0, 0.1) is 17.0 Å². The number of aryl methyl sites for hydroxylation is 1. The average molecular weight is 337 g/mol. The maximum absolute atomic E-state index is 12.0. The van der Waals surface area contributed by atoms with E-state index >= 15 is 0 Å². The van der Waals surface area contributed by atoms with Crippen molar-refractivity contribution in [3.63, 3.8) is 0 Å². The van der Waals surface area contributed by atoms with E-state index in [1.807, 2.05) is 6.92 Å². The van der Waals surface area contributed by atoms with E-state index in [1.165, 1.54) is 12.1 Å². The van der Waals surface area contributed by atoms with Crippen LogP contribution in [0.2, 0.25) is 0 Å². The number of carbonyl (C=O) groups is 2. The third-order valence-corrected chi connectivity index (χ3v) is 3.48. The van der Waals surface area contributed by atoms with Crippen molar-refractivity contribution in [1.29, 1.82) is 0 Å². The Morgan fingerprint density at radius 3 is 2.62 bits per heavy atom. The normalized spacial score (nSPS) is 11.8. The molecule has 0 aliphatic heterocycles. The molecule has 0 fully saturated rings. The van der Waals surface area contributed by atoms with Crippen molar-refractivity contribution < 1.29 is 19.6 Å². The van der Waals surface area contributed by atoms with Gasteiger partial charge in [0.05, 0.1) is 11.3 Å². The van der Waals surface area contributed by atoms with E-state index in [1.54, 1.807) is 13.0 Å². The summed E-state index contributed by atoms with van der Waals surface area (Å²) in [6.07, 6.45) is 2.51. The Hall–Kier alpha value is -2.48. The number of nitro groups is 1. The van der Waals surface area contributed by atoms with E-state index < -0.39 is 22.8 Å². The summed E-state index contributed by atoms with van der Waals surface area (Å²) in [6.45, 7) is 4.25. The van der Waals surface area contributed by atoms with Crippen molar-refractivity contribution >= 4 is 23.3 Å². The second kappa shape index (κ2) is 9.61. The predicted octanol–water partition coefficient (Wildman–Crippen LogP) is 2.46. The maximum Gasteiger partial charge on any atom is 0.321 e. The molecular formula is C16H23N3O5. The third kappa shape index (κ3) is 6.33. The summed E-state index contributed by atoms with van der Waals surface area (Å²) in [4.78, 5) is 33.7. The molecule has 8 heteroatoms. The lowest BCUT2D eigenvalue weighted by molar-refractivity contribution is -0.384. The first-order valence-corrected chi connectivity index (χ1v) is 7.86. The van der Waals surface area contributed by atoms with Crippen LogP contribution in [0.5, 0.6) is 0 Å². The molecule has 0 aliphatic carbocycles. The molecule has 1 atom stereocenters. The van der Waals surface area contributed by atoms with Crippen molar-refractivity contribution in [2.24, 2.45) is 0 Å². The van der Waals surface area contributed by atoms with Gasteiger partial charge in [-0.15, -0.1) is 0 Å². The standard InChI is InChI=1S/C16H23N3O5/c1-3-4-5-8-17-13(16(21)22)10-15(20)18-12-7-6-11(2)9-14(12)19(23)24/h6-7,9,13,17H,3-5,8,10H2,1-2H3,(H,18,20)(H,21,22). The highest BCUT2D eigenvalue weighted by molar-refractivity contribution is 5.95. The molecule has 1 aromatic carbocycles. The molecule has 8 nitrogen and oxygen atoms in total. The van der Waals surface area contributed by atoms with E-state index in [-0.39, 0.29) is 17.8 Å². The molecule has 3 N–H and O–H groups in total. The van der Waals surface area contributed by atoms with Crippen LogP contribution < -0.4 is 10.6 Å². The zero-order valence-electron chi connectivity index (χ0n) is 13.9. The first-order chi connectivity index (χ1) is 11.3. The van der Waals surface area contributed by atoms with E-state index in [9.17, 15) is 24.8 Å². The van der Waals surface area contributed by atoms with Gasteiger partial charge in [-0.25, -0.2) is 0 Å². The molecule has 0 spiro atoms. The zero-order chi connectivity index (χ0) is 18.1. The van der Waals surface area contributed by atoms with Crippen molar-refractivity contribution in [2.45, 2.75) is 45.6 Å². The van der Waals surface area contributed by atoms with Gasteiger partial charge in [-0.05, 0) is 31.5 Å². The SMILES string of the molecule is CCCCCNC(CC(=O)Nc1ccc(C)cc1[N+](=O)[O-])C(=O)O. The Kier molecular flexibility index (Phi) is 7.84. The summed E-state index contributed by atoms with van der Waals surface area (Å²) >= 11 is 0. The van der Waals surface area contributed by atoms with Crippen LogP contribution in [-0.2, 0) is 9.59 Å². The number of nitro benzene ring substituents is 1. The number of amides is 1. The van der Waals surface area contributed by atoms with Gasteiger partial charge in [0.1, 0.15) is 11.7 Å². The number of hydrogen-bond acceptors (Lipinski definition) is 5. The topological polar surface area (TPSA) is 122 Å². The lowest BCUT2D eigenvalue weighted by atomic mass is 10.1. The number of hydrogen-bond donors (Lipinski definition) is 3. The molecule has 0 bridgehead atoms. The summed E-state index contributed by atoms with van der Waals surface area (Å²) in [5, 5.41) is 25.5. The summed E-state index contributed by atoms with van der Waals surface area (Å²) < 4.78 is 0. The van der Waals surface area contributed by atoms with Crippen LogP contribution in [0.3, 0.4) is 0 Å². The number of unbranched alkanes of at least 4 members (excludes halogenated alkanes) is 2. The molecule has 0 radical (unpaired) electrons. The number of benzene rings is 1. The van der Waals surface area contributed by atoms with Crippen molar-refractivity contribution in [3.05, 3.63) is 33.9 Å². The fourth-order valence-electron chi connectivity index (χ4n) is 2.18. The van der Waals surface area contributed by atoms with E-state index in [0.717, 1.165) is 19.3 Å². The van der Waals surface area contributed by atoms with Crippen LogP contribution in [0.4, 0.5) is 11.4 Å². The molecule has 132 valence electrons. The Morgan fingerprint density at radius 2 is 2.04 bits per heavy atom. The van der Waals surface area contributed by atoms with Gasteiger partial charge >= 0.3 is 5.97 Å². The Labute approximate surface area is 140 Å². The van der Waals surface area contributed by atoms with Crippen molar-refractivity contribution in [3.8, 4) is 0 Å². The molecule has 0 saturated carbocycles. The van der Waals surface area contributed by atoms with Gasteiger partial charge in [-0.1, -0.05) is 25.8 Å². The number of aliphatic carboxylic acids is 1. The van der Waals surface area contributed by atoms with Crippen molar-refractivity contribution in [2.75, 3.05) is 11.9 Å². The minimum Gasteiger partial charge on any atom is -0.480 e. The number of anilines is 1. The third-order valence-electron chi connectivity index (χ3n) is 3.48. The first-order valence-electron chi connectivity index (χ1n) is 7.86. The largest absolute Gasteiger partial charge is 0.480 e. The Bertz CT molecular complexity index is 603. The molecule has 0 aliphatic rings. The van der Waals surface area contributed by atoms with Crippen LogP contribution in [0.25, 0.3) is 0 Å². The molecule has 0 saturated heterocycles. The quantitative estimate of drug-likeness (QED) is 0.342. The van der Waals surface area contributed by atoms with E-state index in [0.29, 0.717) is 12.1 Å². The highest BCUT2D eigenvalue weighted by Gasteiger charge is 2.22. The predicted molar refractivity (Wildman–Crippen MR) is 90.0 cm³/mol. The Balaban J connectivity index is 2.69. The lowest BCUT2D eigenvalue weighted by Crippen LogP contribution is -2.40. The summed E-state index contributed by atoms with van der Waals surface area (Å²) in [5.41, 5.74) is 0.539. The molecule has 1 amide bonds. The van der Waals surface area contributed by atoms with Crippen molar-refractivity contribution in [1.82, 2.24) is 5.32 Å². The summed E-state index contributed by atoms with van der Waals surface area (Å²) in [5.74, 6) is -1.71. The van der Waals surface area contributed by atoms with Crippen LogP contribution in [0.15, 0.2) is 18.2 Å². The van der Waals surface area contributed by atoms with Crippen LogP contribution in [0.1, 0.15) is 38.2 Å². The minimum atomic E-state index is -1.12. The molecule has 0 heterocycles. The smallest absolute Gasteiger partial charge is 0.321 e. The van der Waals surface area contributed by atoms with Crippen LogP contribution in [-0.4, -0.2) is 34.5 Å². The highest BCUT2D eigenvalue weighted by Crippen LogP contribution is 2.25. The Morgan fingerprint density at radius 1 is 1.33 bits per heavy atom. The van der Waals surface area contributed by atoms with Gasteiger partial charge < -0.3 is 15.7 Å². The van der Waals surface area contributed by atoms with Gasteiger partial charge in [0, 0.05) is 6.07 Å². The number of nitrogens with zero attached hydrogens (tertiary/aromatic N) is 1. The van der Waals surface area contributed by atoms with Crippen LogP contribution >= 0.6 is 0 Å². The molecule has 1 rings (SSSR count). The summed E-state index contributed by atoms with van der Waals surface area (Å²) in [7, 11) is 0. The number of carboxylic acids is 1. The first kappa shape index (κ1) is 19.6. The van der Waals surface area contributed by atoms with Gasteiger partial charge in [0.25, 0.3) is 5.69 Å². The fourth-order valence-corrected chi connectivity index (χ4v) is 2.18. The van der Waals surface area contributed by atoms with E-state index in [2.05, 4.69) is 10.6 Å². The molecular weight excluding hydrogens is 314 g/mol. The monoisotopic (exact) mass is 337 g/mol. The van der Waals surface area contributed by atoms with Gasteiger partial charge in [-0.2, -0.15) is 0 Å². The average Bonchev–Trinajstić information content (AvgIpc) is 2.51. The summed E-state index contributed by atoms with van der Waals surface area (Å²) in [6, 6.07) is 3.41. The zero-order valence-corrected chi connectivity index (χ0v) is 13.9. The fraction of sp³-hybridized carbons (Fsp3) is 0.500. The second-order valence-corrected chi connectivity index (χ2v) is 5.58. The highest BCUT2D eigenvalue weighted by atomic mass is 16.6. The number of carbonyl (C=O) groups excluding carboxylic acids is 1. The van der Waals surface area contributed by atoms with E-state index in [4.69, 9.17) is 0 Å². The van der Waals surface area contributed by atoms with Gasteiger partial charge in [-0.3, -0.25) is 19.7 Å². The van der Waals surface area contributed by atoms with Gasteiger partial charge in [0.15, 0.2) is 0 Å². The molecule has 24 heavy (non-hydrogen) atoms. The maximum atomic E-state index is 12.0. The lowest BCUT2D eigenvalue weighted by Gasteiger charge is -2.14. The number of carboxylic acid groups (broad SMARTS) is 1.